The van der Waals surface area contributed by atoms with Crippen molar-refractivity contribution < 1.29 is 4.52 Å². The zero-order chi connectivity index (χ0) is 12.5. The van der Waals surface area contributed by atoms with Crippen LogP contribution in [-0.2, 0) is 0 Å². The van der Waals surface area contributed by atoms with Gasteiger partial charge in [-0.3, -0.25) is 0 Å². The molecule has 0 atom stereocenters. The second kappa shape index (κ2) is 4.55. The van der Waals surface area contributed by atoms with Crippen molar-refractivity contribution in [1.29, 1.82) is 0 Å². The first-order valence-electron chi connectivity index (χ1n) is 5.39. The van der Waals surface area contributed by atoms with E-state index in [4.69, 9.17) is 16.1 Å². The standard InChI is InChI=1S/C13H9ClN2OS/c1-8-5-6-11(18-8)12-15-13(17-16-12)9-3-2-4-10(14)7-9/h2-7H,1H3. The van der Waals surface area contributed by atoms with Crippen molar-refractivity contribution in [2.24, 2.45) is 0 Å². The molecule has 18 heavy (non-hydrogen) atoms. The van der Waals surface area contributed by atoms with E-state index in [2.05, 4.69) is 10.1 Å². The van der Waals surface area contributed by atoms with Crippen molar-refractivity contribution in [3.63, 3.8) is 0 Å². The van der Waals surface area contributed by atoms with Crippen LogP contribution in [0.2, 0.25) is 5.02 Å². The van der Waals surface area contributed by atoms with E-state index in [1.54, 1.807) is 17.4 Å². The summed E-state index contributed by atoms with van der Waals surface area (Å²) in [6.07, 6.45) is 0. The number of aryl methyl sites for hydroxylation is 1. The maximum absolute atomic E-state index is 5.93. The van der Waals surface area contributed by atoms with Crippen LogP contribution in [0.3, 0.4) is 0 Å². The van der Waals surface area contributed by atoms with Crippen LogP contribution in [-0.4, -0.2) is 10.1 Å². The minimum atomic E-state index is 0.485. The summed E-state index contributed by atoms with van der Waals surface area (Å²) in [6.45, 7) is 2.05. The molecule has 3 nitrogen and oxygen atoms in total. The van der Waals surface area contributed by atoms with Crippen molar-refractivity contribution in [1.82, 2.24) is 10.1 Å². The highest BCUT2D eigenvalue weighted by Crippen LogP contribution is 2.28. The fourth-order valence-corrected chi connectivity index (χ4v) is 2.60. The fourth-order valence-electron chi connectivity index (χ4n) is 1.62. The van der Waals surface area contributed by atoms with Crippen LogP contribution in [0.5, 0.6) is 0 Å². The van der Waals surface area contributed by atoms with Crippen molar-refractivity contribution in [3.05, 3.63) is 46.3 Å². The number of benzene rings is 1. The van der Waals surface area contributed by atoms with E-state index in [0.29, 0.717) is 16.7 Å². The Morgan fingerprint density at radius 2 is 2.11 bits per heavy atom. The summed E-state index contributed by atoms with van der Waals surface area (Å²) in [5.74, 6) is 1.10. The smallest absolute Gasteiger partial charge is 0.258 e. The molecule has 0 radical (unpaired) electrons. The van der Waals surface area contributed by atoms with E-state index in [1.165, 1.54) is 4.88 Å². The molecule has 0 fully saturated rings. The van der Waals surface area contributed by atoms with Gasteiger partial charge in [0.05, 0.1) is 4.88 Å². The van der Waals surface area contributed by atoms with Crippen molar-refractivity contribution >= 4 is 22.9 Å². The molecule has 1 aromatic carbocycles. The minimum Gasteiger partial charge on any atom is -0.334 e. The van der Waals surface area contributed by atoms with Gasteiger partial charge in [0.25, 0.3) is 5.89 Å². The second-order valence-electron chi connectivity index (χ2n) is 3.84. The molecule has 0 spiro atoms. The summed E-state index contributed by atoms with van der Waals surface area (Å²) in [4.78, 5) is 6.60. The lowest BCUT2D eigenvalue weighted by atomic mass is 10.2. The Hall–Kier alpha value is -1.65. The zero-order valence-corrected chi connectivity index (χ0v) is 11.1. The van der Waals surface area contributed by atoms with Crippen LogP contribution in [0.25, 0.3) is 22.2 Å². The summed E-state index contributed by atoms with van der Waals surface area (Å²) in [7, 11) is 0. The molecule has 0 amide bonds. The summed E-state index contributed by atoms with van der Waals surface area (Å²) in [5.41, 5.74) is 0.828. The Labute approximate surface area is 113 Å². The van der Waals surface area contributed by atoms with Crippen molar-refractivity contribution in [2.75, 3.05) is 0 Å². The van der Waals surface area contributed by atoms with Gasteiger partial charge in [0, 0.05) is 15.5 Å². The largest absolute Gasteiger partial charge is 0.334 e. The van der Waals surface area contributed by atoms with E-state index < -0.39 is 0 Å². The minimum absolute atomic E-state index is 0.485. The second-order valence-corrected chi connectivity index (χ2v) is 5.57. The molecule has 0 aliphatic rings. The Bertz CT molecular complexity index is 690. The molecule has 90 valence electrons. The predicted octanol–water partition coefficient (Wildman–Crippen LogP) is 4.43. The molecule has 0 aliphatic carbocycles. The maximum Gasteiger partial charge on any atom is 0.258 e. The molecule has 0 aliphatic heterocycles. The molecule has 0 bridgehead atoms. The Morgan fingerprint density at radius 3 is 2.83 bits per heavy atom. The quantitative estimate of drug-likeness (QED) is 0.695. The van der Waals surface area contributed by atoms with Crippen LogP contribution in [0.4, 0.5) is 0 Å². The van der Waals surface area contributed by atoms with Gasteiger partial charge in [0.15, 0.2) is 0 Å². The molecule has 0 unspecified atom stereocenters. The number of hydrogen-bond donors (Lipinski definition) is 0. The monoisotopic (exact) mass is 276 g/mol. The first kappa shape index (κ1) is 11.4. The number of aromatic nitrogens is 2. The molecular formula is C13H9ClN2OS. The zero-order valence-electron chi connectivity index (χ0n) is 9.55. The highest BCUT2D eigenvalue weighted by atomic mass is 35.5. The number of halogens is 1. The van der Waals surface area contributed by atoms with Gasteiger partial charge >= 0.3 is 0 Å². The van der Waals surface area contributed by atoms with Gasteiger partial charge in [-0.2, -0.15) is 4.98 Å². The average Bonchev–Trinajstić information content (AvgIpc) is 2.97. The molecule has 5 heteroatoms. The summed E-state index contributed by atoms with van der Waals surface area (Å²) < 4.78 is 5.26. The third-order valence-electron chi connectivity index (χ3n) is 2.46. The summed E-state index contributed by atoms with van der Waals surface area (Å²) >= 11 is 7.58. The lowest BCUT2D eigenvalue weighted by Gasteiger charge is -1.93. The number of rotatable bonds is 2. The topological polar surface area (TPSA) is 38.9 Å². The Morgan fingerprint density at radius 1 is 1.22 bits per heavy atom. The predicted molar refractivity (Wildman–Crippen MR) is 72.8 cm³/mol. The van der Waals surface area contributed by atoms with Gasteiger partial charge in [-0.05, 0) is 37.3 Å². The van der Waals surface area contributed by atoms with Crippen LogP contribution < -0.4 is 0 Å². The lowest BCUT2D eigenvalue weighted by molar-refractivity contribution is 0.432. The van der Waals surface area contributed by atoms with Crippen molar-refractivity contribution in [2.45, 2.75) is 6.92 Å². The molecule has 0 saturated carbocycles. The van der Waals surface area contributed by atoms with E-state index >= 15 is 0 Å². The Kier molecular flexibility index (Phi) is 2.89. The van der Waals surface area contributed by atoms with Crippen LogP contribution >= 0.6 is 22.9 Å². The number of hydrogen-bond acceptors (Lipinski definition) is 4. The van der Waals surface area contributed by atoms with Crippen LogP contribution in [0.1, 0.15) is 4.88 Å². The Balaban J connectivity index is 1.99. The van der Waals surface area contributed by atoms with Gasteiger partial charge in [-0.25, -0.2) is 0 Å². The van der Waals surface area contributed by atoms with E-state index in [1.807, 2.05) is 37.3 Å². The fraction of sp³-hybridized carbons (Fsp3) is 0.0769. The van der Waals surface area contributed by atoms with Gasteiger partial charge in [0.1, 0.15) is 0 Å². The molecule has 2 aromatic heterocycles. The third-order valence-corrected chi connectivity index (χ3v) is 3.69. The maximum atomic E-state index is 5.93. The highest BCUT2D eigenvalue weighted by molar-refractivity contribution is 7.15. The molecule has 2 heterocycles. The van der Waals surface area contributed by atoms with Crippen LogP contribution in [0, 0.1) is 6.92 Å². The van der Waals surface area contributed by atoms with Gasteiger partial charge in [-0.15, -0.1) is 11.3 Å². The third kappa shape index (κ3) is 2.17. The molecule has 0 N–H and O–H groups in total. The molecule has 3 rings (SSSR count). The molecule has 0 saturated heterocycles. The number of nitrogens with zero attached hydrogens (tertiary/aromatic N) is 2. The molecular weight excluding hydrogens is 268 g/mol. The highest BCUT2D eigenvalue weighted by Gasteiger charge is 2.11. The lowest BCUT2D eigenvalue weighted by Crippen LogP contribution is -1.78. The normalized spacial score (nSPS) is 10.8. The van der Waals surface area contributed by atoms with E-state index in [-0.39, 0.29) is 0 Å². The SMILES string of the molecule is Cc1ccc(-c2noc(-c3cccc(Cl)c3)n2)s1. The summed E-state index contributed by atoms with van der Waals surface area (Å²) in [5, 5.41) is 4.64. The van der Waals surface area contributed by atoms with Gasteiger partial charge in [0.2, 0.25) is 5.82 Å². The van der Waals surface area contributed by atoms with Gasteiger partial charge < -0.3 is 4.52 Å². The first-order valence-corrected chi connectivity index (χ1v) is 6.58. The van der Waals surface area contributed by atoms with E-state index in [9.17, 15) is 0 Å². The summed E-state index contributed by atoms with van der Waals surface area (Å²) in [6, 6.07) is 11.4. The number of thiophene rings is 1. The first-order chi connectivity index (χ1) is 8.72. The van der Waals surface area contributed by atoms with Crippen molar-refractivity contribution in [3.8, 4) is 22.2 Å². The van der Waals surface area contributed by atoms with E-state index in [0.717, 1.165) is 10.4 Å². The van der Waals surface area contributed by atoms with Gasteiger partial charge in [-0.1, -0.05) is 22.8 Å². The average molecular weight is 277 g/mol. The molecule has 3 aromatic rings. The van der Waals surface area contributed by atoms with Crippen LogP contribution in [0.15, 0.2) is 40.9 Å².